The van der Waals surface area contributed by atoms with Crippen LogP contribution in [0, 0.1) is 17.5 Å². The van der Waals surface area contributed by atoms with Gasteiger partial charge in [-0.1, -0.05) is 0 Å². The summed E-state index contributed by atoms with van der Waals surface area (Å²) in [7, 11) is 1.50. The second-order valence-electron chi connectivity index (χ2n) is 4.10. The van der Waals surface area contributed by atoms with Gasteiger partial charge in [-0.25, -0.2) is 13.2 Å². The Kier molecular flexibility index (Phi) is 4.72. The van der Waals surface area contributed by atoms with E-state index < -0.39 is 23.4 Å². The van der Waals surface area contributed by atoms with Gasteiger partial charge in [-0.3, -0.25) is 4.79 Å². The third kappa shape index (κ3) is 3.01. The molecule has 2 N–H and O–H groups in total. The lowest BCUT2D eigenvalue weighted by Crippen LogP contribution is -2.36. The first-order valence-electron chi connectivity index (χ1n) is 5.50. The molecule has 0 saturated carbocycles. The monoisotopic (exact) mass is 260 g/mol. The number of rotatable bonds is 4. The molecule has 0 saturated heterocycles. The molecule has 1 aromatic rings. The van der Waals surface area contributed by atoms with Crippen LogP contribution in [0.2, 0.25) is 0 Å². The Morgan fingerprint density at radius 1 is 1.33 bits per heavy atom. The van der Waals surface area contributed by atoms with E-state index in [2.05, 4.69) is 0 Å². The summed E-state index contributed by atoms with van der Waals surface area (Å²) in [4.78, 5) is 13.2. The van der Waals surface area contributed by atoms with E-state index in [9.17, 15) is 18.0 Å². The van der Waals surface area contributed by atoms with Crippen molar-refractivity contribution in [1.29, 1.82) is 0 Å². The summed E-state index contributed by atoms with van der Waals surface area (Å²) >= 11 is 0. The number of nitrogens with two attached hydrogens (primary N) is 1. The Balaban J connectivity index is 2.97. The van der Waals surface area contributed by atoms with Crippen LogP contribution in [0.5, 0.6) is 0 Å². The minimum Gasteiger partial charge on any atom is -0.339 e. The summed E-state index contributed by atoms with van der Waals surface area (Å²) < 4.78 is 38.8. The number of halogens is 3. The molecule has 0 bridgehead atoms. The average Bonchev–Trinajstić information content (AvgIpc) is 2.33. The fourth-order valence-corrected chi connectivity index (χ4v) is 1.52. The first kappa shape index (κ1) is 14.5. The van der Waals surface area contributed by atoms with Crippen LogP contribution in [0.1, 0.15) is 23.7 Å². The van der Waals surface area contributed by atoms with Crippen molar-refractivity contribution in [3.63, 3.8) is 0 Å². The lowest BCUT2D eigenvalue weighted by atomic mass is 10.1. The van der Waals surface area contributed by atoms with Crippen molar-refractivity contribution in [1.82, 2.24) is 4.90 Å². The highest BCUT2D eigenvalue weighted by Gasteiger charge is 2.20. The van der Waals surface area contributed by atoms with Gasteiger partial charge >= 0.3 is 0 Å². The van der Waals surface area contributed by atoms with Gasteiger partial charge in [0.25, 0.3) is 5.91 Å². The number of carbonyl (C=O) groups is 1. The van der Waals surface area contributed by atoms with Crippen molar-refractivity contribution in [2.45, 2.75) is 19.4 Å². The predicted octanol–water partition coefficient (Wildman–Crippen LogP) is 1.91. The van der Waals surface area contributed by atoms with Crippen molar-refractivity contribution < 1.29 is 18.0 Å². The molecule has 3 nitrogen and oxygen atoms in total. The molecule has 0 heterocycles. The van der Waals surface area contributed by atoms with Gasteiger partial charge in [0.15, 0.2) is 17.5 Å². The zero-order valence-electron chi connectivity index (χ0n) is 10.2. The Morgan fingerprint density at radius 2 is 1.83 bits per heavy atom. The predicted molar refractivity (Wildman–Crippen MR) is 61.5 cm³/mol. The first-order chi connectivity index (χ1) is 8.38. The van der Waals surface area contributed by atoms with E-state index in [1.807, 2.05) is 0 Å². The van der Waals surface area contributed by atoms with E-state index in [-0.39, 0.29) is 11.6 Å². The fraction of sp³-hybridized carbons (Fsp3) is 0.417. The topological polar surface area (TPSA) is 46.3 Å². The largest absolute Gasteiger partial charge is 0.339 e. The second kappa shape index (κ2) is 5.86. The zero-order chi connectivity index (χ0) is 13.9. The normalized spacial score (nSPS) is 12.3. The second-order valence-corrected chi connectivity index (χ2v) is 4.10. The summed E-state index contributed by atoms with van der Waals surface area (Å²) in [5.74, 6) is -4.91. The van der Waals surface area contributed by atoms with Crippen molar-refractivity contribution in [2.75, 3.05) is 13.6 Å². The van der Waals surface area contributed by atoms with Gasteiger partial charge in [-0.05, 0) is 32.0 Å². The van der Waals surface area contributed by atoms with Crippen LogP contribution < -0.4 is 5.73 Å². The van der Waals surface area contributed by atoms with Gasteiger partial charge in [0.1, 0.15) is 0 Å². The molecule has 1 atom stereocenters. The molecule has 1 amide bonds. The highest BCUT2D eigenvalue weighted by molar-refractivity contribution is 5.94. The van der Waals surface area contributed by atoms with Gasteiger partial charge in [0.2, 0.25) is 0 Å². The van der Waals surface area contributed by atoms with E-state index in [4.69, 9.17) is 5.73 Å². The van der Waals surface area contributed by atoms with Crippen LogP contribution in [0.25, 0.3) is 0 Å². The molecule has 1 aromatic carbocycles. The Morgan fingerprint density at radius 3 is 2.28 bits per heavy atom. The molecule has 100 valence electrons. The number of hydrogen-bond acceptors (Lipinski definition) is 2. The molecule has 0 radical (unpaired) electrons. The third-order valence-corrected chi connectivity index (χ3v) is 2.80. The average molecular weight is 260 g/mol. The number of amides is 1. The molecule has 0 aliphatic rings. The Hall–Kier alpha value is -1.56. The molecule has 0 aliphatic carbocycles. The molecule has 18 heavy (non-hydrogen) atoms. The van der Waals surface area contributed by atoms with Crippen LogP contribution in [-0.2, 0) is 0 Å². The molecule has 0 aliphatic heterocycles. The molecule has 6 heteroatoms. The number of nitrogens with zero attached hydrogens (tertiary/aromatic N) is 1. The zero-order valence-corrected chi connectivity index (χ0v) is 10.2. The van der Waals surface area contributed by atoms with E-state index in [0.717, 1.165) is 0 Å². The van der Waals surface area contributed by atoms with E-state index in [1.165, 1.54) is 11.9 Å². The van der Waals surface area contributed by atoms with Gasteiger partial charge in [-0.2, -0.15) is 0 Å². The maximum Gasteiger partial charge on any atom is 0.254 e. The highest BCUT2D eigenvalue weighted by Crippen LogP contribution is 2.16. The molecule has 1 unspecified atom stereocenters. The molecule has 0 fully saturated rings. The minimum atomic E-state index is -1.58. The van der Waals surface area contributed by atoms with Crippen LogP contribution >= 0.6 is 0 Å². The lowest BCUT2D eigenvalue weighted by molar-refractivity contribution is 0.0737. The maximum absolute atomic E-state index is 13.0. The standard InChI is InChI=1S/C12H15F3N2O/c1-7(3-4-16)17(2)12(18)8-5-9(13)11(15)10(14)6-8/h5-7H,3-4,16H2,1-2H3. The van der Waals surface area contributed by atoms with Gasteiger partial charge in [-0.15, -0.1) is 0 Å². The van der Waals surface area contributed by atoms with Gasteiger partial charge in [0.05, 0.1) is 0 Å². The summed E-state index contributed by atoms with van der Waals surface area (Å²) in [6.45, 7) is 2.16. The maximum atomic E-state index is 13.0. The van der Waals surface area contributed by atoms with E-state index in [0.29, 0.717) is 25.1 Å². The van der Waals surface area contributed by atoms with E-state index >= 15 is 0 Å². The van der Waals surface area contributed by atoms with Gasteiger partial charge in [0, 0.05) is 18.7 Å². The summed E-state index contributed by atoms with van der Waals surface area (Å²) in [6, 6.07) is 1.21. The van der Waals surface area contributed by atoms with Crippen LogP contribution in [0.3, 0.4) is 0 Å². The van der Waals surface area contributed by atoms with Crippen molar-refractivity contribution in [2.24, 2.45) is 5.73 Å². The molecule has 0 spiro atoms. The fourth-order valence-electron chi connectivity index (χ4n) is 1.52. The van der Waals surface area contributed by atoms with Crippen molar-refractivity contribution in [3.8, 4) is 0 Å². The van der Waals surface area contributed by atoms with Crippen LogP contribution in [0.4, 0.5) is 13.2 Å². The number of carbonyl (C=O) groups excluding carboxylic acids is 1. The van der Waals surface area contributed by atoms with Crippen molar-refractivity contribution >= 4 is 5.91 Å². The Labute approximate surface area is 103 Å². The smallest absolute Gasteiger partial charge is 0.254 e. The summed E-state index contributed by atoms with van der Waals surface area (Å²) in [5.41, 5.74) is 5.14. The molecular weight excluding hydrogens is 245 g/mol. The quantitative estimate of drug-likeness (QED) is 0.841. The summed E-state index contributed by atoms with van der Waals surface area (Å²) in [5, 5.41) is 0. The van der Waals surface area contributed by atoms with E-state index in [1.54, 1.807) is 6.92 Å². The number of hydrogen-bond donors (Lipinski definition) is 1. The molecular formula is C12H15F3N2O. The first-order valence-corrected chi connectivity index (χ1v) is 5.50. The SMILES string of the molecule is CC(CCN)N(C)C(=O)c1cc(F)c(F)c(F)c1. The minimum absolute atomic E-state index is 0.168. The van der Waals surface area contributed by atoms with Gasteiger partial charge < -0.3 is 10.6 Å². The van der Waals surface area contributed by atoms with Crippen LogP contribution in [-0.4, -0.2) is 30.4 Å². The lowest BCUT2D eigenvalue weighted by Gasteiger charge is -2.24. The van der Waals surface area contributed by atoms with Crippen molar-refractivity contribution in [3.05, 3.63) is 35.1 Å². The highest BCUT2D eigenvalue weighted by atomic mass is 19.2. The third-order valence-electron chi connectivity index (χ3n) is 2.80. The summed E-state index contributed by atoms with van der Waals surface area (Å²) in [6.07, 6.45) is 0.564. The molecule has 0 aromatic heterocycles. The number of benzene rings is 1. The Bertz CT molecular complexity index is 428. The van der Waals surface area contributed by atoms with Crippen LogP contribution in [0.15, 0.2) is 12.1 Å². The molecule has 1 rings (SSSR count).